The van der Waals surface area contributed by atoms with Crippen molar-refractivity contribution >= 4 is 23.1 Å². The molecule has 5 nitrogen and oxygen atoms in total. The minimum absolute atomic E-state index is 0.259. The van der Waals surface area contributed by atoms with Crippen LogP contribution in [0.1, 0.15) is 86.7 Å². The summed E-state index contributed by atoms with van der Waals surface area (Å²) in [5.41, 5.74) is 8.88. The zero-order valence-electron chi connectivity index (χ0n) is 23.1. The summed E-state index contributed by atoms with van der Waals surface area (Å²) >= 11 is 0. The van der Waals surface area contributed by atoms with Gasteiger partial charge in [0.05, 0.1) is 5.69 Å². The van der Waals surface area contributed by atoms with E-state index in [1.54, 1.807) is 0 Å². The lowest BCUT2D eigenvalue weighted by Crippen LogP contribution is -2.37. The van der Waals surface area contributed by atoms with E-state index in [-0.39, 0.29) is 5.57 Å². The summed E-state index contributed by atoms with van der Waals surface area (Å²) in [5.74, 6) is -0.0986. The average molecular weight is 478 g/mol. The Morgan fingerprint density at radius 3 is 2.17 bits per heavy atom. The van der Waals surface area contributed by atoms with E-state index in [0.29, 0.717) is 17.9 Å². The van der Waals surface area contributed by atoms with Crippen molar-refractivity contribution < 1.29 is 9.59 Å². The van der Waals surface area contributed by atoms with Crippen molar-refractivity contribution in [2.24, 2.45) is 5.92 Å². The molecule has 0 saturated heterocycles. The molecule has 0 bridgehead atoms. The van der Waals surface area contributed by atoms with Crippen molar-refractivity contribution in [3.8, 4) is 0 Å². The maximum absolute atomic E-state index is 12.3. The van der Waals surface area contributed by atoms with Crippen LogP contribution in [-0.2, 0) is 11.2 Å². The number of carbonyl (C=O) groups excluding carboxylic acids is 2. The normalized spacial score (nSPS) is 11.0. The molecule has 0 fully saturated rings. The van der Waals surface area contributed by atoms with Gasteiger partial charge in [0.2, 0.25) is 0 Å². The molecule has 0 atom stereocenters. The third-order valence-electron chi connectivity index (χ3n) is 5.83. The Kier molecular flexibility index (Phi) is 12.1. The molecular formula is C30H43N3O2. The van der Waals surface area contributed by atoms with Crippen molar-refractivity contribution in [2.75, 3.05) is 7.05 Å². The maximum atomic E-state index is 12.3. The predicted octanol–water partition coefficient (Wildman–Crippen LogP) is 6.93. The van der Waals surface area contributed by atoms with Crippen LogP contribution in [-0.4, -0.2) is 24.0 Å². The molecule has 1 aromatic carbocycles. The highest BCUT2D eigenvalue weighted by molar-refractivity contribution is 6.22. The van der Waals surface area contributed by atoms with Gasteiger partial charge in [0.15, 0.2) is 0 Å². The average Bonchev–Trinajstić information content (AvgIpc) is 2.83. The molecule has 1 heterocycles. The second-order valence-corrected chi connectivity index (χ2v) is 8.85. The highest BCUT2D eigenvalue weighted by atomic mass is 16.2. The molecule has 2 aromatic rings. The van der Waals surface area contributed by atoms with Gasteiger partial charge in [-0.2, -0.15) is 0 Å². The van der Waals surface area contributed by atoms with E-state index in [1.165, 1.54) is 23.7 Å². The number of pyridine rings is 1. The summed E-state index contributed by atoms with van der Waals surface area (Å²) in [4.78, 5) is 28.8. The number of hydrogen-bond donors (Lipinski definition) is 2. The number of allylic oxidation sites excluding steroid dienone is 2. The fourth-order valence-corrected chi connectivity index (χ4v) is 3.87. The molecule has 2 N–H and O–H groups in total. The quantitative estimate of drug-likeness (QED) is 0.405. The summed E-state index contributed by atoms with van der Waals surface area (Å²) in [6.45, 7) is 20.7. The molecule has 0 aliphatic rings. The van der Waals surface area contributed by atoms with E-state index in [1.807, 2.05) is 39.8 Å². The number of nitrogens with zero attached hydrogens (tertiary/aromatic N) is 1. The SMILES string of the molecule is C=C(C(=O)NC(=O)NC)c1cc(C)c(Cc2ccc(C)c(/C(=C\CCC)C(C)C)n2)c(C)c1.CC. The fraction of sp³-hybridized carbons (Fsp3) is 0.433. The maximum Gasteiger partial charge on any atom is 0.321 e. The summed E-state index contributed by atoms with van der Waals surface area (Å²) < 4.78 is 0. The minimum atomic E-state index is -0.554. The number of amides is 3. The summed E-state index contributed by atoms with van der Waals surface area (Å²) in [6.07, 6.45) is 5.20. The standard InChI is InChI=1S/C28H37N3O2.C2H6/c1-9-10-11-24(17(2)3)26-18(4)12-13-23(30-26)16-25-19(5)14-22(15-20(25)6)21(7)27(32)31-28(33)29-8;1-2/h11-15,17H,7,9-10,16H2,1-6,8H3,(H2,29,31,32,33);1-2H3/b24-11-;. The van der Waals surface area contributed by atoms with Crippen molar-refractivity contribution in [2.45, 2.75) is 74.7 Å². The molecule has 5 heteroatoms. The second kappa shape index (κ2) is 14.2. The number of urea groups is 1. The highest BCUT2D eigenvalue weighted by Gasteiger charge is 2.16. The number of nitrogens with one attached hydrogen (secondary N) is 2. The number of carbonyl (C=O) groups is 2. The molecule has 35 heavy (non-hydrogen) atoms. The van der Waals surface area contributed by atoms with Gasteiger partial charge in [-0.25, -0.2) is 4.79 Å². The Bertz CT molecular complexity index is 1060. The van der Waals surface area contributed by atoms with Gasteiger partial charge in [-0.15, -0.1) is 0 Å². The van der Waals surface area contributed by atoms with Crippen LogP contribution in [0.5, 0.6) is 0 Å². The Balaban J connectivity index is 0.00000298. The lowest BCUT2D eigenvalue weighted by atomic mass is 9.92. The number of rotatable bonds is 8. The number of imide groups is 1. The molecule has 0 saturated carbocycles. The van der Waals surface area contributed by atoms with E-state index in [2.05, 4.69) is 63.1 Å². The third-order valence-corrected chi connectivity index (χ3v) is 5.83. The van der Waals surface area contributed by atoms with Crippen molar-refractivity contribution in [1.29, 1.82) is 0 Å². The van der Waals surface area contributed by atoms with Gasteiger partial charge < -0.3 is 5.32 Å². The third kappa shape index (κ3) is 8.20. The van der Waals surface area contributed by atoms with Gasteiger partial charge in [-0.3, -0.25) is 15.1 Å². The van der Waals surface area contributed by atoms with Gasteiger partial charge in [0.25, 0.3) is 5.91 Å². The van der Waals surface area contributed by atoms with E-state index < -0.39 is 11.9 Å². The molecule has 1 aromatic heterocycles. The molecule has 0 unspecified atom stereocenters. The van der Waals surface area contributed by atoms with Gasteiger partial charge in [0.1, 0.15) is 0 Å². The van der Waals surface area contributed by atoms with Crippen molar-refractivity contribution in [1.82, 2.24) is 15.6 Å². The molecule has 3 amide bonds. The first-order chi connectivity index (χ1) is 16.6. The first-order valence-electron chi connectivity index (χ1n) is 12.6. The number of hydrogen-bond acceptors (Lipinski definition) is 3. The number of aryl methyl sites for hydroxylation is 3. The van der Waals surface area contributed by atoms with Crippen LogP contribution in [0.2, 0.25) is 0 Å². The fourth-order valence-electron chi connectivity index (χ4n) is 3.87. The van der Waals surface area contributed by atoms with Crippen LogP contribution in [0, 0.1) is 26.7 Å². The summed E-state index contributed by atoms with van der Waals surface area (Å²) in [6, 6.07) is 7.60. The number of benzene rings is 1. The lowest BCUT2D eigenvalue weighted by Gasteiger charge is -2.17. The van der Waals surface area contributed by atoms with Crippen LogP contribution in [0.3, 0.4) is 0 Å². The van der Waals surface area contributed by atoms with Gasteiger partial charge >= 0.3 is 6.03 Å². The summed E-state index contributed by atoms with van der Waals surface area (Å²) in [7, 11) is 1.46. The molecule has 0 radical (unpaired) electrons. The first-order valence-corrected chi connectivity index (χ1v) is 12.6. The summed E-state index contributed by atoms with van der Waals surface area (Å²) in [5, 5.41) is 4.64. The molecule has 0 spiro atoms. The van der Waals surface area contributed by atoms with E-state index in [0.717, 1.165) is 35.4 Å². The number of unbranched alkanes of at least 4 members (excludes halogenated alkanes) is 1. The van der Waals surface area contributed by atoms with Crippen LogP contribution < -0.4 is 10.6 Å². The van der Waals surface area contributed by atoms with Gasteiger partial charge in [0, 0.05) is 24.7 Å². The number of aromatic nitrogens is 1. The minimum Gasteiger partial charge on any atom is -0.341 e. The highest BCUT2D eigenvalue weighted by Crippen LogP contribution is 2.28. The van der Waals surface area contributed by atoms with E-state index in [9.17, 15) is 9.59 Å². The molecule has 0 aliphatic carbocycles. The van der Waals surface area contributed by atoms with E-state index >= 15 is 0 Å². The molecular weight excluding hydrogens is 434 g/mol. The van der Waals surface area contributed by atoms with Crippen LogP contribution in [0.15, 0.2) is 36.9 Å². The first kappa shape index (κ1) is 29.8. The van der Waals surface area contributed by atoms with Crippen LogP contribution in [0.4, 0.5) is 4.79 Å². The van der Waals surface area contributed by atoms with Gasteiger partial charge in [-0.05, 0) is 72.6 Å². The van der Waals surface area contributed by atoms with Crippen LogP contribution in [0.25, 0.3) is 11.1 Å². The largest absolute Gasteiger partial charge is 0.341 e. The lowest BCUT2D eigenvalue weighted by molar-refractivity contribution is -0.114. The monoisotopic (exact) mass is 477 g/mol. The smallest absolute Gasteiger partial charge is 0.321 e. The van der Waals surface area contributed by atoms with E-state index in [4.69, 9.17) is 4.98 Å². The van der Waals surface area contributed by atoms with Crippen LogP contribution >= 0.6 is 0 Å². The molecule has 190 valence electrons. The second-order valence-electron chi connectivity index (χ2n) is 8.85. The zero-order chi connectivity index (χ0) is 26.7. The van der Waals surface area contributed by atoms with Gasteiger partial charge in [-0.1, -0.05) is 71.9 Å². The Morgan fingerprint density at radius 1 is 1.06 bits per heavy atom. The Morgan fingerprint density at radius 2 is 1.66 bits per heavy atom. The molecule has 0 aliphatic heterocycles. The predicted molar refractivity (Wildman–Crippen MR) is 148 cm³/mol. The topological polar surface area (TPSA) is 71.1 Å². The van der Waals surface area contributed by atoms with Crippen molar-refractivity contribution in [3.63, 3.8) is 0 Å². The Hall–Kier alpha value is -3.21. The molecule has 2 rings (SSSR count). The Labute approximate surface area is 212 Å². The van der Waals surface area contributed by atoms with Crippen molar-refractivity contribution in [3.05, 3.63) is 76.1 Å². The zero-order valence-corrected chi connectivity index (χ0v) is 23.1.